The molecule has 2 nitrogen and oxygen atoms in total. The third-order valence-electron chi connectivity index (χ3n) is 3.09. The molecule has 1 aliphatic heterocycles. The van der Waals surface area contributed by atoms with E-state index in [1.807, 2.05) is 18.2 Å². The highest BCUT2D eigenvalue weighted by Gasteiger charge is 2.61. The summed E-state index contributed by atoms with van der Waals surface area (Å²) in [5.74, 6) is 1.12. The number of hydrogen-bond donors (Lipinski definition) is 0. The van der Waals surface area contributed by atoms with E-state index in [1.165, 1.54) is 24.3 Å². The molecule has 0 spiro atoms. The molecule has 5 heteroatoms. The first-order valence-corrected chi connectivity index (χ1v) is 5.98. The van der Waals surface area contributed by atoms with Gasteiger partial charge in [0.25, 0.3) is 0 Å². The molecule has 0 radical (unpaired) electrons. The van der Waals surface area contributed by atoms with Gasteiger partial charge in [-0.2, -0.15) is 13.2 Å². The molecule has 20 heavy (non-hydrogen) atoms. The summed E-state index contributed by atoms with van der Waals surface area (Å²) in [6.07, 6.45) is -3.48. The van der Waals surface area contributed by atoms with Crippen LogP contribution in [-0.2, 0) is 5.54 Å². The van der Waals surface area contributed by atoms with Crippen molar-refractivity contribution in [2.75, 3.05) is 0 Å². The van der Waals surface area contributed by atoms with Crippen LogP contribution in [0.4, 0.5) is 13.2 Å². The van der Waals surface area contributed by atoms with Crippen LogP contribution in [-0.4, -0.2) is 12.4 Å². The van der Waals surface area contributed by atoms with Gasteiger partial charge in [0.1, 0.15) is 11.5 Å². The van der Waals surface area contributed by atoms with Gasteiger partial charge >= 0.3 is 6.18 Å². The minimum absolute atomic E-state index is 0.102. The lowest BCUT2D eigenvalue weighted by molar-refractivity contribution is -0.156. The summed E-state index contributed by atoms with van der Waals surface area (Å²) in [4.78, 5) is 3.40. The highest BCUT2D eigenvalue weighted by molar-refractivity contribution is 5.87. The summed E-state index contributed by atoms with van der Waals surface area (Å²) in [7, 11) is 0. The van der Waals surface area contributed by atoms with Crippen LogP contribution in [0.3, 0.4) is 0 Å². The van der Waals surface area contributed by atoms with E-state index >= 15 is 0 Å². The number of alkyl halides is 3. The molecule has 3 rings (SSSR count). The third kappa shape index (κ3) is 2.15. The molecule has 0 bridgehead atoms. The van der Waals surface area contributed by atoms with Gasteiger partial charge in [-0.15, -0.1) is 0 Å². The molecule has 1 heterocycles. The molecule has 0 saturated carbocycles. The van der Waals surface area contributed by atoms with Gasteiger partial charge in [0.05, 0.1) is 0 Å². The number of aliphatic imine (C=N–C) groups is 1. The summed E-state index contributed by atoms with van der Waals surface area (Å²) in [5, 5.41) is 0. The van der Waals surface area contributed by atoms with Gasteiger partial charge in [0.2, 0.25) is 5.54 Å². The first kappa shape index (κ1) is 12.7. The van der Waals surface area contributed by atoms with E-state index in [1.54, 1.807) is 12.1 Å². The van der Waals surface area contributed by atoms with Gasteiger partial charge in [-0.3, -0.25) is 4.99 Å². The van der Waals surface area contributed by atoms with Crippen molar-refractivity contribution in [2.24, 2.45) is 4.99 Å². The average molecular weight is 277 g/mol. The average Bonchev–Trinajstić information content (AvgIpc) is 3.22. The predicted octanol–water partition coefficient (Wildman–Crippen LogP) is 4.32. The number of nitrogens with zero attached hydrogens (tertiary/aromatic N) is 1. The van der Waals surface area contributed by atoms with Crippen molar-refractivity contribution in [2.45, 2.75) is 11.7 Å². The van der Waals surface area contributed by atoms with Gasteiger partial charge in [-0.25, -0.2) is 0 Å². The lowest BCUT2D eigenvalue weighted by Gasteiger charge is -2.18. The quantitative estimate of drug-likeness (QED) is 0.818. The molecule has 1 aliphatic rings. The predicted molar refractivity (Wildman–Crippen MR) is 69.2 cm³/mol. The molecular weight excluding hydrogens is 267 g/mol. The smallest absolute Gasteiger partial charge is 0.422 e. The number of halogens is 3. The fraction of sp³-hybridized carbons (Fsp3) is 0.133. The van der Waals surface area contributed by atoms with Crippen LogP contribution >= 0.6 is 0 Å². The summed E-state index contributed by atoms with van der Waals surface area (Å²) in [6, 6.07) is 14.8. The van der Waals surface area contributed by atoms with Crippen molar-refractivity contribution in [1.82, 2.24) is 0 Å². The van der Waals surface area contributed by atoms with Crippen LogP contribution in [0.2, 0.25) is 0 Å². The summed E-state index contributed by atoms with van der Waals surface area (Å²) in [6.45, 7) is 0. The van der Waals surface area contributed by atoms with Crippen LogP contribution in [0.15, 0.2) is 59.6 Å². The number of para-hydroxylation sites is 1. The van der Waals surface area contributed by atoms with Gasteiger partial charge < -0.3 is 4.74 Å². The molecule has 0 N–H and O–H groups in total. The number of benzene rings is 2. The normalized spacial score (nSPS) is 20.8. The Bertz CT molecular complexity index is 626. The molecule has 0 aromatic heterocycles. The maximum Gasteiger partial charge on any atom is 0.422 e. The first-order chi connectivity index (χ1) is 9.51. The van der Waals surface area contributed by atoms with Crippen molar-refractivity contribution in [1.29, 1.82) is 0 Å². The maximum atomic E-state index is 12.9. The van der Waals surface area contributed by atoms with Crippen LogP contribution < -0.4 is 4.74 Å². The minimum atomic E-state index is -4.39. The Hall–Kier alpha value is -2.30. The summed E-state index contributed by atoms with van der Waals surface area (Å²) in [5.41, 5.74) is -2.02. The van der Waals surface area contributed by atoms with Gasteiger partial charge in [0.15, 0.2) is 0 Å². The number of hydrogen-bond acceptors (Lipinski definition) is 2. The molecule has 1 unspecified atom stereocenters. The lowest BCUT2D eigenvalue weighted by atomic mass is 9.97. The van der Waals surface area contributed by atoms with Crippen molar-refractivity contribution >= 4 is 6.21 Å². The molecule has 2 aromatic rings. The molecule has 1 atom stereocenters. The Morgan fingerprint density at radius 3 is 1.90 bits per heavy atom. The molecule has 0 saturated heterocycles. The van der Waals surface area contributed by atoms with Gasteiger partial charge in [-0.1, -0.05) is 30.3 Å². The number of rotatable bonds is 3. The first-order valence-electron chi connectivity index (χ1n) is 5.98. The van der Waals surface area contributed by atoms with Crippen LogP contribution in [0, 0.1) is 0 Å². The van der Waals surface area contributed by atoms with Gasteiger partial charge in [-0.05, 0) is 29.8 Å². The van der Waals surface area contributed by atoms with Crippen LogP contribution in [0.25, 0.3) is 0 Å². The highest BCUT2D eigenvalue weighted by atomic mass is 19.4. The maximum absolute atomic E-state index is 12.9. The Kier molecular flexibility index (Phi) is 2.78. The van der Waals surface area contributed by atoms with Crippen molar-refractivity contribution in [3.05, 3.63) is 60.2 Å². The van der Waals surface area contributed by atoms with E-state index in [4.69, 9.17) is 4.74 Å². The second kappa shape index (κ2) is 4.37. The third-order valence-corrected chi connectivity index (χ3v) is 3.09. The van der Waals surface area contributed by atoms with Crippen LogP contribution in [0.1, 0.15) is 5.56 Å². The van der Waals surface area contributed by atoms with E-state index in [9.17, 15) is 13.2 Å². The number of ether oxygens (including phenoxy) is 1. The molecule has 0 fully saturated rings. The Balaban J connectivity index is 1.79. The van der Waals surface area contributed by atoms with E-state index in [0.717, 1.165) is 6.21 Å². The summed E-state index contributed by atoms with van der Waals surface area (Å²) < 4.78 is 44.1. The minimum Gasteiger partial charge on any atom is -0.457 e. The fourth-order valence-electron chi connectivity index (χ4n) is 1.93. The Morgan fingerprint density at radius 1 is 0.850 bits per heavy atom. The SMILES string of the molecule is FC(F)(F)C1(c2ccc(Oc3ccccc3)cc2)C=N1. The topological polar surface area (TPSA) is 21.6 Å². The van der Waals surface area contributed by atoms with E-state index in [2.05, 4.69) is 4.99 Å². The van der Waals surface area contributed by atoms with E-state index < -0.39 is 11.7 Å². The fourth-order valence-corrected chi connectivity index (χ4v) is 1.93. The zero-order chi connectivity index (χ0) is 14.2. The largest absolute Gasteiger partial charge is 0.457 e. The molecular formula is C15H10F3NO. The lowest BCUT2D eigenvalue weighted by Crippen LogP contribution is -2.31. The highest BCUT2D eigenvalue weighted by Crippen LogP contribution is 2.48. The molecule has 102 valence electrons. The van der Waals surface area contributed by atoms with E-state index in [-0.39, 0.29) is 5.56 Å². The van der Waals surface area contributed by atoms with Gasteiger partial charge in [0, 0.05) is 6.21 Å². The van der Waals surface area contributed by atoms with E-state index in [0.29, 0.717) is 11.5 Å². The zero-order valence-corrected chi connectivity index (χ0v) is 10.3. The monoisotopic (exact) mass is 277 g/mol. The van der Waals surface area contributed by atoms with Crippen molar-refractivity contribution in [3.8, 4) is 11.5 Å². The van der Waals surface area contributed by atoms with Crippen LogP contribution in [0.5, 0.6) is 11.5 Å². The second-order valence-electron chi connectivity index (χ2n) is 4.46. The Labute approximate surface area is 113 Å². The van der Waals surface area contributed by atoms with Crippen molar-refractivity contribution in [3.63, 3.8) is 0 Å². The second-order valence-corrected chi connectivity index (χ2v) is 4.46. The standard InChI is InChI=1S/C15H10F3NO/c16-15(17,18)14(10-19-14)11-6-8-13(9-7-11)20-12-4-2-1-3-5-12/h1-10H. The molecule has 2 aromatic carbocycles. The summed E-state index contributed by atoms with van der Waals surface area (Å²) >= 11 is 0. The van der Waals surface area contributed by atoms with Crippen molar-refractivity contribution < 1.29 is 17.9 Å². The molecule has 0 amide bonds. The molecule has 0 aliphatic carbocycles. The Morgan fingerprint density at radius 2 is 1.40 bits per heavy atom. The zero-order valence-electron chi connectivity index (χ0n) is 10.3.